The van der Waals surface area contributed by atoms with Crippen LogP contribution in [0.3, 0.4) is 0 Å². The van der Waals surface area contributed by atoms with Crippen molar-refractivity contribution >= 4 is 25.6 Å². The summed E-state index contributed by atoms with van der Waals surface area (Å²) in [4.78, 5) is 12.2. The van der Waals surface area contributed by atoms with Crippen LogP contribution >= 0.6 is 10.7 Å². The van der Waals surface area contributed by atoms with E-state index in [9.17, 15) is 13.2 Å². The van der Waals surface area contributed by atoms with Crippen molar-refractivity contribution in [3.63, 3.8) is 0 Å². The molecule has 1 atom stereocenters. The molecular formula is C14H20ClNO3S. The predicted octanol–water partition coefficient (Wildman–Crippen LogP) is 3.09. The number of aryl methyl sites for hydroxylation is 1. The highest BCUT2D eigenvalue weighted by atomic mass is 35.7. The molecule has 0 fully saturated rings. The maximum absolute atomic E-state index is 12.3. The van der Waals surface area contributed by atoms with E-state index in [0.717, 1.165) is 0 Å². The molecule has 1 aromatic rings. The first-order valence-corrected chi connectivity index (χ1v) is 8.60. The van der Waals surface area contributed by atoms with E-state index < -0.39 is 9.05 Å². The fourth-order valence-electron chi connectivity index (χ4n) is 1.49. The average Bonchev–Trinajstić information content (AvgIpc) is 2.26. The van der Waals surface area contributed by atoms with Crippen LogP contribution in [0.15, 0.2) is 23.1 Å². The van der Waals surface area contributed by atoms with Gasteiger partial charge < -0.3 is 5.32 Å². The number of hydrogen-bond donors (Lipinski definition) is 1. The van der Waals surface area contributed by atoms with Gasteiger partial charge in [0.05, 0.1) is 4.90 Å². The summed E-state index contributed by atoms with van der Waals surface area (Å²) < 4.78 is 22.7. The Kier molecular flexibility index (Phi) is 4.87. The van der Waals surface area contributed by atoms with Crippen LogP contribution in [0.5, 0.6) is 0 Å². The lowest BCUT2D eigenvalue weighted by molar-refractivity contribution is 0.0909. The predicted molar refractivity (Wildman–Crippen MR) is 80.6 cm³/mol. The molecule has 1 unspecified atom stereocenters. The first-order valence-electron chi connectivity index (χ1n) is 6.29. The van der Waals surface area contributed by atoms with Gasteiger partial charge in [0.15, 0.2) is 0 Å². The maximum atomic E-state index is 12.3. The highest BCUT2D eigenvalue weighted by Gasteiger charge is 2.23. The SMILES string of the molecule is Cc1ccc(S(=O)(=O)Cl)cc1C(=O)NC(C)C(C)(C)C. The molecule has 1 aromatic carbocycles. The van der Waals surface area contributed by atoms with Crippen LogP contribution in [0.25, 0.3) is 0 Å². The second-order valence-electron chi connectivity index (χ2n) is 5.98. The molecule has 6 heteroatoms. The Balaban J connectivity index is 3.11. The Morgan fingerprint density at radius 3 is 2.30 bits per heavy atom. The van der Waals surface area contributed by atoms with E-state index in [4.69, 9.17) is 10.7 Å². The quantitative estimate of drug-likeness (QED) is 0.871. The normalized spacial score (nSPS) is 13.9. The number of amides is 1. The molecule has 0 bridgehead atoms. The Morgan fingerprint density at radius 1 is 1.30 bits per heavy atom. The second-order valence-corrected chi connectivity index (χ2v) is 8.54. The van der Waals surface area contributed by atoms with Gasteiger partial charge in [-0.25, -0.2) is 8.42 Å². The van der Waals surface area contributed by atoms with Gasteiger partial charge in [0.1, 0.15) is 0 Å². The second kappa shape index (κ2) is 5.74. The van der Waals surface area contributed by atoms with Gasteiger partial charge in [-0.3, -0.25) is 4.79 Å². The third kappa shape index (κ3) is 4.21. The van der Waals surface area contributed by atoms with E-state index in [1.165, 1.54) is 12.1 Å². The zero-order valence-corrected chi connectivity index (χ0v) is 13.9. The third-order valence-electron chi connectivity index (χ3n) is 3.38. The molecular weight excluding hydrogens is 298 g/mol. The summed E-state index contributed by atoms with van der Waals surface area (Å²) in [5, 5.41) is 2.88. The number of carbonyl (C=O) groups excluding carboxylic acids is 1. The number of nitrogens with one attached hydrogen (secondary N) is 1. The lowest BCUT2D eigenvalue weighted by atomic mass is 9.88. The van der Waals surface area contributed by atoms with Gasteiger partial charge in [-0.1, -0.05) is 26.8 Å². The summed E-state index contributed by atoms with van der Waals surface area (Å²) in [7, 11) is 1.47. The maximum Gasteiger partial charge on any atom is 0.261 e. The lowest BCUT2D eigenvalue weighted by Gasteiger charge is -2.28. The molecule has 0 saturated heterocycles. The molecule has 1 rings (SSSR count). The van der Waals surface area contributed by atoms with Crippen LogP contribution in [0.2, 0.25) is 0 Å². The van der Waals surface area contributed by atoms with E-state index in [-0.39, 0.29) is 22.3 Å². The number of hydrogen-bond acceptors (Lipinski definition) is 3. The molecule has 0 aliphatic heterocycles. The molecule has 112 valence electrons. The summed E-state index contributed by atoms with van der Waals surface area (Å²) >= 11 is 0. The molecule has 0 saturated carbocycles. The fourth-order valence-corrected chi connectivity index (χ4v) is 2.27. The van der Waals surface area contributed by atoms with Crippen LogP contribution < -0.4 is 5.32 Å². The van der Waals surface area contributed by atoms with Gasteiger partial charge in [0.25, 0.3) is 15.0 Å². The van der Waals surface area contributed by atoms with Crippen molar-refractivity contribution in [2.45, 2.75) is 45.6 Å². The van der Waals surface area contributed by atoms with Gasteiger partial charge in [-0.2, -0.15) is 0 Å². The first-order chi connectivity index (χ1) is 8.93. The largest absolute Gasteiger partial charge is 0.349 e. The van der Waals surface area contributed by atoms with Crippen molar-refractivity contribution in [2.75, 3.05) is 0 Å². The van der Waals surface area contributed by atoms with E-state index in [1.54, 1.807) is 13.0 Å². The van der Waals surface area contributed by atoms with Crippen molar-refractivity contribution in [2.24, 2.45) is 5.41 Å². The highest BCUT2D eigenvalue weighted by Crippen LogP contribution is 2.21. The van der Waals surface area contributed by atoms with E-state index in [0.29, 0.717) is 11.1 Å². The van der Waals surface area contributed by atoms with Crippen LogP contribution in [0.1, 0.15) is 43.6 Å². The molecule has 0 radical (unpaired) electrons. The third-order valence-corrected chi connectivity index (χ3v) is 4.73. The lowest BCUT2D eigenvalue weighted by Crippen LogP contribution is -2.41. The van der Waals surface area contributed by atoms with Crippen molar-refractivity contribution in [3.05, 3.63) is 29.3 Å². The number of benzene rings is 1. The van der Waals surface area contributed by atoms with Gasteiger partial charge in [0, 0.05) is 22.3 Å². The number of rotatable bonds is 3. The van der Waals surface area contributed by atoms with Crippen LogP contribution in [-0.4, -0.2) is 20.4 Å². The Hall–Kier alpha value is -1.07. The Morgan fingerprint density at radius 2 is 1.85 bits per heavy atom. The summed E-state index contributed by atoms with van der Waals surface area (Å²) in [6, 6.07) is 4.22. The molecule has 0 aromatic heterocycles. The van der Waals surface area contributed by atoms with E-state index in [1.807, 2.05) is 27.7 Å². The smallest absolute Gasteiger partial charge is 0.261 e. The van der Waals surface area contributed by atoms with Crippen molar-refractivity contribution in [1.82, 2.24) is 5.32 Å². The highest BCUT2D eigenvalue weighted by molar-refractivity contribution is 8.13. The van der Waals surface area contributed by atoms with Crippen molar-refractivity contribution in [3.8, 4) is 0 Å². The standard InChI is InChI=1S/C14H20ClNO3S/c1-9-6-7-11(20(15,18)19)8-12(9)13(17)16-10(2)14(3,4)5/h6-8,10H,1-5H3,(H,16,17). The summed E-state index contributed by atoms with van der Waals surface area (Å²) in [5.41, 5.74) is 0.940. The van der Waals surface area contributed by atoms with Crippen molar-refractivity contribution in [1.29, 1.82) is 0 Å². The zero-order valence-electron chi connectivity index (χ0n) is 12.3. The van der Waals surface area contributed by atoms with Gasteiger partial charge in [-0.05, 0) is 37.0 Å². The Labute approximate surface area is 124 Å². The topological polar surface area (TPSA) is 63.2 Å². The monoisotopic (exact) mass is 317 g/mol. The minimum Gasteiger partial charge on any atom is -0.349 e. The van der Waals surface area contributed by atoms with Crippen LogP contribution in [0.4, 0.5) is 0 Å². The average molecular weight is 318 g/mol. The molecule has 1 amide bonds. The Bertz CT molecular complexity index is 618. The van der Waals surface area contributed by atoms with Gasteiger partial charge in [-0.15, -0.1) is 0 Å². The molecule has 4 nitrogen and oxygen atoms in total. The first kappa shape index (κ1) is 17.0. The molecule has 0 heterocycles. The molecule has 0 aliphatic rings. The van der Waals surface area contributed by atoms with Crippen LogP contribution in [-0.2, 0) is 9.05 Å². The zero-order chi connectivity index (χ0) is 15.7. The van der Waals surface area contributed by atoms with Crippen LogP contribution in [0, 0.1) is 12.3 Å². The summed E-state index contributed by atoms with van der Waals surface area (Å²) in [5.74, 6) is -0.299. The molecule has 20 heavy (non-hydrogen) atoms. The molecule has 0 spiro atoms. The summed E-state index contributed by atoms with van der Waals surface area (Å²) in [6.45, 7) is 9.72. The minimum absolute atomic E-state index is 0.0503. The van der Waals surface area contributed by atoms with Gasteiger partial charge >= 0.3 is 0 Å². The summed E-state index contributed by atoms with van der Waals surface area (Å²) in [6.07, 6.45) is 0. The van der Waals surface area contributed by atoms with E-state index in [2.05, 4.69) is 5.32 Å². The van der Waals surface area contributed by atoms with E-state index >= 15 is 0 Å². The molecule has 1 N–H and O–H groups in total. The number of carbonyl (C=O) groups is 1. The fraction of sp³-hybridized carbons (Fsp3) is 0.500. The number of halogens is 1. The van der Waals surface area contributed by atoms with Gasteiger partial charge in [0.2, 0.25) is 0 Å². The minimum atomic E-state index is -3.84. The molecule has 0 aliphatic carbocycles. The van der Waals surface area contributed by atoms with Crippen molar-refractivity contribution < 1.29 is 13.2 Å².